The number of nitrogens with zero attached hydrogens (tertiary/aromatic N) is 2. The van der Waals surface area contributed by atoms with E-state index < -0.39 is 18.4 Å². The van der Waals surface area contributed by atoms with Gasteiger partial charge in [0.25, 0.3) is 12.3 Å². The van der Waals surface area contributed by atoms with E-state index in [1.807, 2.05) is 61.5 Å². The first-order valence-electron chi connectivity index (χ1n) is 10.0. The number of carbonyl (C=O) groups is 1. The third kappa shape index (κ3) is 4.54. The molecule has 0 saturated heterocycles. The number of alkyl halides is 2. The number of aromatic nitrogens is 2. The zero-order chi connectivity index (χ0) is 22.7. The summed E-state index contributed by atoms with van der Waals surface area (Å²) >= 11 is 5.23. The predicted molar refractivity (Wildman–Crippen MR) is 123 cm³/mol. The fraction of sp³-hybridized carbons (Fsp3) is 0.227. The number of fused-ring (bicyclic) bond motifs is 1. The molecule has 2 heterocycles. The molecular weight excluding hydrogens is 434 g/mol. The van der Waals surface area contributed by atoms with Gasteiger partial charge in [-0.3, -0.25) is 15.6 Å². The van der Waals surface area contributed by atoms with Crippen LogP contribution in [0.5, 0.6) is 0 Å². The molecule has 7 nitrogen and oxygen atoms in total. The maximum absolute atomic E-state index is 13.8. The molecule has 32 heavy (non-hydrogen) atoms. The van der Waals surface area contributed by atoms with Crippen LogP contribution < -0.4 is 21.5 Å². The molecule has 2 aromatic carbocycles. The van der Waals surface area contributed by atoms with Gasteiger partial charge in [-0.2, -0.15) is 5.10 Å². The lowest BCUT2D eigenvalue weighted by atomic mass is 9.97. The minimum Gasteiger partial charge on any atom is -0.363 e. The fourth-order valence-corrected chi connectivity index (χ4v) is 3.81. The van der Waals surface area contributed by atoms with E-state index in [-0.39, 0.29) is 29.0 Å². The Balaban J connectivity index is 1.48. The van der Waals surface area contributed by atoms with E-state index in [1.165, 1.54) is 10.9 Å². The number of aryl methyl sites for hydroxylation is 1. The molecule has 0 saturated carbocycles. The molecule has 0 unspecified atom stereocenters. The van der Waals surface area contributed by atoms with E-state index in [9.17, 15) is 13.6 Å². The number of halogens is 2. The van der Waals surface area contributed by atoms with Crippen molar-refractivity contribution in [2.75, 3.05) is 10.6 Å². The molecule has 1 aliphatic heterocycles. The first kappa shape index (κ1) is 21.7. The summed E-state index contributed by atoms with van der Waals surface area (Å²) in [5.41, 5.74) is 7.93. The second-order valence-electron chi connectivity index (χ2n) is 7.44. The van der Waals surface area contributed by atoms with Crippen molar-refractivity contribution in [3.63, 3.8) is 0 Å². The summed E-state index contributed by atoms with van der Waals surface area (Å²) in [5.74, 6) is -0.304. The SMILES string of the molecule is Cc1ccccc1NC(=S)NNC(=O)c1cnn2c1N[C@@H](c1ccccc1)C[C@H]2C(F)F. The van der Waals surface area contributed by atoms with Crippen LogP contribution in [0.4, 0.5) is 20.3 Å². The van der Waals surface area contributed by atoms with Gasteiger partial charge in [0.15, 0.2) is 5.11 Å². The summed E-state index contributed by atoms with van der Waals surface area (Å²) in [6.45, 7) is 1.93. The first-order valence-corrected chi connectivity index (χ1v) is 10.4. The lowest BCUT2D eigenvalue weighted by Crippen LogP contribution is -2.44. The lowest BCUT2D eigenvalue weighted by Gasteiger charge is -2.32. The average Bonchev–Trinajstić information content (AvgIpc) is 3.23. The van der Waals surface area contributed by atoms with Crippen LogP contribution in [0.1, 0.15) is 40.0 Å². The van der Waals surface area contributed by atoms with Crippen molar-refractivity contribution in [1.29, 1.82) is 0 Å². The number of carbonyl (C=O) groups excluding carboxylic acids is 1. The Bertz CT molecular complexity index is 1120. The third-order valence-corrected chi connectivity index (χ3v) is 5.52. The van der Waals surface area contributed by atoms with E-state index >= 15 is 0 Å². The van der Waals surface area contributed by atoms with Crippen molar-refractivity contribution in [2.24, 2.45) is 0 Å². The maximum atomic E-state index is 13.8. The first-order chi connectivity index (χ1) is 15.4. The quantitative estimate of drug-likeness (QED) is 0.348. The summed E-state index contributed by atoms with van der Waals surface area (Å²) in [6, 6.07) is 15.3. The number of hydrogen-bond donors (Lipinski definition) is 4. The Hall–Kier alpha value is -3.53. The van der Waals surface area contributed by atoms with Gasteiger partial charge in [-0.1, -0.05) is 48.5 Å². The van der Waals surface area contributed by atoms with Crippen molar-refractivity contribution in [1.82, 2.24) is 20.6 Å². The Morgan fingerprint density at radius 3 is 2.59 bits per heavy atom. The summed E-state index contributed by atoms with van der Waals surface area (Å²) in [7, 11) is 0. The van der Waals surface area contributed by atoms with Crippen LogP contribution in [0.15, 0.2) is 60.8 Å². The summed E-state index contributed by atoms with van der Waals surface area (Å²) in [6.07, 6.45) is -1.19. The topological polar surface area (TPSA) is 83.0 Å². The molecule has 166 valence electrons. The highest BCUT2D eigenvalue weighted by Gasteiger charge is 2.36. The van der Waals surface area contributed by atoms with Crippen molar-refractivity contribution < 1.29 is 13.6 Å². The molecule has 10 heteroatoms. The van der Waals surface area contributed by atoms with Gasteiger partial charge in [0.2, 0.25) is 0 Å². The average molecular weight is 457 g/mol. The Morgan fingerprint density at radius 1 is 1.16 bits per heavy atom. The number of anilines is 2. The number of rotatable bonds is 4. The second kappa shape index (κ2) is 9.31. The Labute approximate surface area is 189 Å². The van der Waals surface area contributed by atoms with Crippen LogP contribution in [0, 0.1) is 6.92 Å². The highest BCUT2D eigenvalue weighted by Crippen LogP contribution is 2.39. The molecule has 2 atom stereocenters. The minimum atomic E-state index is -2.62. The number of hydrazine groups is 1. The highest BCUT2D eigenvalue weighted by molar-refractivity contribution is 7.80. The number of amides is 1. The summed E-state index contributed by atoms with van der Waals surface area (Å²) < 4.78 is 28.7. The number of thiocarbonyl (C=S) groups is 1. The lowest BCUT2D eigenvalue weighted by molar-refractivity contribution is 0.0656. The Kier molecular flexibility index (Phi) is 6.31. The van der Waals surface area contributed by atoms with Crippen molar-refractivity contribution >= 4 is 34.7 Å². The number of para-hydroxylation sites is 1. The van der Waals surface area contributed by atoms with Gasteiger partial charge >= 0.3 is 0 Å². The van der Waals surface area contributed by atoms with Crippen LogP contribution in [-0.4, -0.2) is 27.2 Å². The van der Waals surface area contributed by atoms with Gasteiger partial charge in [-0.15, -0.1) is 0 Å². The highest BCUT2D eigenvalue weighted by atomic mass is 32.1. The fourth-order valence-electron chi connectivity index (χ4n) is 3.65. The molecule has 1 aromatic heterocycles. The van der Waals surface area contributed by atoms with Gasteiger partial charge in [-0.05, 0) is 42.8 Å². The molecule has 3 aromatic rings. The van der Waals surface area contributed by atoms with Crippen LogP contribution in [0.3, 0.4) is 0 Å². The van der Waals surface area contributed by atoms with Crippen molar-refractivity contribution in [2.45, 2.75) is 31.9 Å². The van der Waals surface area contributed by atoms with Gasteiger partial charge in [0, 0.05) is 5.69 Å². The third-order valence-electron chi connectivity index (χ3n) is 5.32. The predicted octanol–water partition coefficient (Wildman–Crippen LogP) is 4.19. The second-order valence-corrected chi connectivity index (χ2v) is 7.85. The largest absolute Gasteiger partial charge is 0.363 e. The molecule has 0 spiro atoms. The van der Waals surface area contributed by atoms with Crippen LogP contribution in [-0.2, 0) is 0 Å². The van der Waals surface area contributed by atoms with E-state index in [0.717, 1.165) is 16.8 Å². The number of hydrogen-bond acceptors (Lipinski definition) is 4. The van der Waals surface area contributed by atoms with Gasteiger partial charge in [0.05, 0.1) is 12.2 Å². The molecular formula is C22H22F2N6OS. The van der Waals surface area contributed by atoms with E-state index in [1.54, 1.807) is 0 Å². The molecule has 4 N–H and O–H groups in total. The van der Waals surface area contributed by atoms with E-state index in [4.69, 9.17) is 12.2 Å². The monoisotopic (exact) mass is 456 g/mol. The zero-order valence-electron chi connectivity index (χ0n) is 17.2. The number of benzene rings is 2. The maximum Gasteiger partial charge on any atom is 0.275 e. The van der Waals surface area contributed by atoms with Crippen LogP contribution >= 0.6 is 12.2 Å². The van der Waals surface area contributed by atoms with Crippen LogP contribution in [0.2, 0.25) is 0 Å². The summed E-state index contributed by atoms with van der Waals surface area (Å²) in [4.78, 5) is 12.8. The molecule has 0 aliphatic carbocycles. The van der Waals surface area contributed by atoms with Crippen LogP contribution in [0.25, 0.3) is 0 Å². The van der Waals surface area contributed by atoms with E-state index in [0.29, 0.717) is 0 Å². The van der Waals surface area contributed by atoms with Gasteiger partial charge in [0.1, 0.15) is 17.4 Å². The van der Waals surface area contributed by atoms with E-state index in [2.05, 4.69) is 26.6 Å². The molecule has 1 aliphatic rings. The standard InChI is InChI=1S/C22H22F2N6OS/c1-13-7-5-6-10-16(13)27-22(32)29-28-21(31)15-12-25-30-18(19(23)24)11-17(26-20(15)30)14-8-3-2-4-9-14/h2-10,12,17-19,26H,11H2,1H3,(H,28,31)(H2,27,29,32)/t17-,18+/m1/s1. The molecule has 0 radical (unpaired) electrons. The van der Waals surface area contributed by atoms with Gasteiger partial charge in [-0.25, -0.2) is 13.5 Å². The molecule has 0 bridgehead atoms. The smallest absolute Gasteiger partial charge is 0.275 e. The zero-order valence-corrected chi connectivity index (χ0v) is 18.0. The van der Waals surface area contributed by atoms with Gasteiger partial charge < -0.3 is 10.6 Å². The Morgan fingerprint density at radius 2 is 1.88 bits per heavy atom. The van der Waals surface area contributed by atoms with Crippen molar-refractivity contribution in [3.05, 3.63) is 77.5 Å². The molecule has 4 rings (SSSR count). The molecule has 1 amide bonds. The normalized spacial score (nSPS) is 17.2. The number of nitrogens with one attached hydrogen (secondary N) is 4. The van der Waals surface area contributed by atoms with Crippen molar-refractivity contribution in [3.8, 4) is 0 Å². The summed E-state index contributed by atoms with van der Waals surface area (Å²) in [5, 5.41) is 10.4. The minimum absolute atomic E-state index is 0.141. The molecule has 0 fully saturated rings.